The minimum Gasteiger partial charge on any atom is -0.481 e. The molecule has 0 aromatic rings. The Labute approximate surface area is 149 Å². The van der Waals surface area contributed by atoms with Gasteiger partial charge < -0.3 is 20.1 Å². The first-order valence-corrected chi connectivity index (χ1v) is 9.00. The monoisotopic (exact) mass is 360 g/mol. The summed E-state index contributed by atoms with van der Waals surface area (Å²) >= 11 is 0. The standard InChI is InChI=1S/C18H32O7/c1-14(2)10-8-6-4-3-5-7-9-11-25-16(21)13-18(24,17(22)23)12-15(19)20/h14,24H,3-13H2,1-2H3,(H,19,20)(H,22,23). The lowest BCUT2D eigenvalue weighted by molar-refractivity contribution is -0.172. The van der Waals surface area contributed by atoms with Gasteiger partial charge in [0.05, 0.1) is 19.4 Å². The summed E-state index contributed by atoms with van der Waals surface area (Å²) in [5.74, 6) is -3.39. The maximum Gasteiger partial charge on any atom is 0.336 e. The molecule has 0 radical (unpaired) electrons. The van der Waals surface area contributed by atoms with E-state index in [1.807, 2.05) is 0 Å². The lowest BCUT2D eigenvalue weighted by Gasteiger charge is -2.20. The maximum absolute atomic E-state index is 11.6. The van der Waals surface area contributed by atoms with Crippen molar-refractivity contribution in [1.82, 2.24) is 0 Å². The molecule has 0 saturated heterocycles. The summed E-state index contributed by atoms with van der Waals surface area (Å²) in [7, 11) is 0. The molecule has 7 nitrogen and oxygen atoms in total. The predicted molar refractivity (Wildman–Crippen MR) is 92.2 cm³/mol. The SMILES string of the molecule is CC(C)CCCCCCCCCOC(=O)CC(O)(CC(=O)O)C(=O)O. The molecule has 0 fully saturated rings. The van der Waals surface area contributed by atoms with Gasteiger partial charge in [0.15, 0.2) is 5.60 Å². The van der Waals surface area contributed by atoms with Crippen molar-refractivity contribution in [2.45, 2.75) is 83.7 Å². The molecule has 0 heterocycles. The fraction of sp³-hybridized carbons (Fsp3) is 0.833. The molecule has 7 heteroatoms. The van der Waals surface area contributed by atoms with Crippen molar-refractivity contribution in [3.05, 3.63) is 0 Å². The molecule has 1 unspecified atom stereocenters. The number of aliphatic carboxylic acids is 2. The number of aliphatic hydroxyl groups is 1. The molecule has 146 valence electrons. The highest BCUT2D eigenvalue weighted by Gasteiger charge is 2.41. The van der Waals surface area contributed by atoms with E-state index in [1.165, 1.54) is 25.7 Å². The Kier molecular flexibility index (Phi) is 11.9. The van der Waals surface area contributed by atoms with E-state index in [-0.39, 0.29) is 6.61 Å². The number of rotatable bonds is 15. The Morgan fingerprint density at radius 2 is 1.40 bits per heavy atom. The summed E-state index contributed by atoms with van der Waals surface area (Å²) in [6, 6.07) is 0. The molecule has 3 N–H and O–H groups in total. The number of unbranched alkanes of at least 4 members (excludes halogenated alkanes) is 6. The van der Waals surface area contributed by atoms with Crippen LogP contribution in [0.15, 0.2) is 0 Å². The number of carboxylic acid groups (broad SMARTS) is 2. The molecule has 0 saturated carbocycles. The van der Waals surface area contributed by atoms with E-state index in [2.05, 4.69) is 13.8 Å². The van der Waals surface area contributed by atoms with Crippen molar-refractivity contribution >= 4 is 17.9 Å². The zero-order valence-electron chi connectivity index (χ0n) is 15.3. The van der Waals surface area contributed by atoms with Gasteiger partial charge in [-0.1, -0.05) is 58.8 Å². The summed E-state index contributed by atoms with van der Waals surface area (Å²) in [4.78, 5) is 33.1. The van der Waals surface area contributed by atoms with E-state index in [1.54, 1.807) is 0 Å². The highest BCUT2D eigenvalue weighted by atomic mass is 16.5. The number of carboxylic acids is 2. The highest BCUT2D eigenvalue weighted by Crippen LogP contribution is 2.17. The number of hydrogen-bond donors (Lipinski definition) is 3. The van der Waals surface area contributed by atoms with Crippen LogP contribution in [-0.4, -0.2) is 45.4 Å². The summed E-state index contributed by atoms with van der Waals surface area (Å²) < 4.78 is 4.89. The number of carbonyl (C=O) groups excluding carboxylic acids is 1. The molecule has 25 heavy (non-hydrogen) atoms. The molecular weight excluding hydrogens is 328 g/mol. The van der Waals surface area contributed by atoms with Crippen LogP contribution in [0, 0.1) is 5.92 Å². The second kappa shape index (κ2) is 12.7. The first-order chi connectivity index (χ1) is 11.7. The normalized spacial score (nSPS) is 13.4. The molecule has 0 bridgehead atoms. The summed E-state index contributed by atoms with van der Waals surface area (Å²) in [6.07, 6.45) is 6.83. The third-order valence-corrected chi connectivity index (χ3v) is 3.97. The van der Waals surface area contributed by atoms with Crippen molar-refractivity contribution in [2.24, 2.45) is 5.92 Å². The molecule has 0 aliphatic heterocycles. The van der Waals surface area contributed by atoms with Gasteiger partial charge >= 0.3 is 17.9 Å². The number of ether oxygens (including phenoxy) is 1. The van der Waals surface area contributed by atoms with Crippen molar-refractivity contribution < 1.29 is 34.4 Å². The summed E-state index contributed by atoms with van der Waals surface area (Å²) in [5, 5.41) is 27.2. The summed E-state index contributed by atoms with van der Waals surface area (Å²) in [6.45, 7) is 4.59. The molecule has 0 amide bonds. The van der Waals surface area contributed by atoms with Gasteiger partial charge in [-0.2, -0.15) is 0 Å². The quantitative estimate of drug-likeness (QED) is 0.303. The lowest BCUT2D eigenvalue weighted by atomic mass is 9.96. The second-order valence-electron chi connectivity index (χ2n) is 6.96. The van der Waals surface area contributed by atoms with Gasteiger partial charge in [-0.25, -0.2) is 4.79 Å². The van der Waals surface area contributed by atoms with Crippen LogP contribution in [0.4, 0.5) is 0 Å². The molecule has 0 aliphatic rings. The number of carbonyl (C=O) groups is 3. The predicted octanol–water partition coefficient (Wildman–Crippen LogP) is 2.99. The topological polar surface area (TPSA) is 121 Å². The van der Waals surface area contributed by atoms with Crippen molar-refractivity contribution in [3.8, 4) is 0 Å². The van der Waals surface area contributed by atoms with Crippen LogP contribution in [0.1, 0.15) is 78.1 Å². The third-order valence-electron chi connectivity index (χ3n) is 3.97. The Hall–Kier alpha value is -1.63. The van der Waals surface area contributed by atoms with Gasteiger partial charge in [-0.3, -0.25) is 9.59 Å². The Bertz CT molecular complexity index is 420. The van der Waals surface area contributed by atoms with Crippen LogP contribution < -0.4 is 0 Å². The van der Waals surface area contributed by atoms with Crippen molar-refractivity contribution in [1.29, 1.82) is 0 Å². The first kappa shape index (κ1) is 23.4. The van der Waals surface area contributed by atoms with Gasteiger partial charge in [0.25, 0.3) is 0 Å². The molecule has 0 aromatic carbocycles. The smallest absolute Gasteiger partial charge is 0.336 e. The first-order valence-electron chi connectivity index (χ1n) is 9.00. The van der Waals surface area contributed by atoms with Crippen LogP contribution in [0.2, 0.25) is 0 Å². The largest absolute Gasteiger partial charge is 0.481 e. The fourth-order valence-electron chi connectivity index (χ4n) is 2.48. The molecule has 0 aliphatic carbocycles. The maximum atomic E-state index is 11.6. The average Bonchev–Trinajstić information content (AvgIpc) is 2.47. The van der Waals surface area contributed by atoms with Gasteiger partial charge in [0, 0.05) is 0 Å². The van der Waals surface area contributed by atoms with E-state index < -0.39 is 36.4 Å². The van der Waals surface area contributed by atoms with Crippen LogP contribution in [0.25, 0.3) is 0 Å². The minimum atomic E-state index is -2.63. The molecule has 0 spiro atoms. The second-order valence-corrected chi connectivity index (χ2v) is 6.96. The van der Waals surface area contributed by atoms with Gasteiger partial charge in [-0.15, -0.1) is 0 Å². The average molecular weight is 360 g/mol. The van der Waals surface area contributed by atoms with E-state index in [9.17, 15) is 19.5 Å². The van der Waals surface area contributed by atoms with Crippen molar-refractivity contribution in [2.75, 3.05) is 6.61 Å². The van der Waals surface area contributed by atoms with Gasteiger partial charge in [0.2, 0.25) is 0 Å². The van der Waals surface area contributed by atoms with Crippen LogP contribution >= 0.6 is 0 Å². The zero-order chi connectivity index (χ0) is 19.3. The van der Waals surface area contributed by atoms with E-state index in [0.29, 0.717) is 6.42 Å². The lowest BCUT2D eigenvalue weighted by Crippen LogP contribution is -2.43. The Balaban J connectivity index is 3.76. The van der Waals surface area contributed by atoms with Gasteiger partial charge in [-0.05, 0) is 12.3 Å². The number of esters is 1. The third kappa shape index (κ3) is 12.4. The van der Waals surface area contributed by atoms with Crippen LogP contribution in [0.5, 0.6) is 0 Å². The molecule has 0 aromatic heterocycles. The Morgan fingerprint density at radius 3 is 1.88 bits per heavy atom. The zero-order valence-corrected chi connectivity index (χ0v) is 15.3. The molecule has 0 rings (SSSR count). The summed E-state index contributed by atoms with van der Waals surface area (Å²) in [5.41, 5.74) is -2.63. The Morgan fingerprint density at radius 1 is 0.880 bits per heavy atom. The highest BCUT2D eigenvalue weighted by molar-refractivity contribution is 5.88. The van der Waals surface area contributed by atoms with E-state index in [0.717, 1.165) is 25.2 Å². The van der Waals surface area contributed by atoms with Gasteiger partial charge in [0.1, 0.15) is 0 Å². The minimum absolute atomic E-state index is 0.148. The van der Waals surface area contributed by atoms with E-state index >= 15 is 0 Å². The van der Waals surface area contributed by atoms with Crippen LogP contribution in [0.3, 0.4) is 0 Å². The number of hydrogen-bond acceptors (Lipinski definition) is 5. The fourth-order valence-corrected chi connectivity index (χ4v) is 2.48. The van der Waals surface area contributed by atoms with Crippen molar-refractivity contribution in [3.63, 3.8) is 0 Å². The van der Waals surface area contributed by atoms with Crippen LogP contribution in [-0.2, 0) is 19.1 Å². The molecular formula is C18H32O7. The van der Waals surface area contributed by atoms with E-state index in [4.69, 9.17) is 14.9 Å². The molecule has 1 atom stereocenters.